The van der Waals surface area contributed by atoms with Crippen molar-refractivity contribution in [2.75, 3.05) is 13.2 Å². The predicted molar refractivity (Wildman–Crippen MR) is 81.4 cm³/mol. The van der Waals surface area contributed by atoms with Gasteiger partial charge in [0.2, 0.25) is 0 Å². The molecule has 1 rings (SSSR count). The third-order valence-electron chi connectivity index (χ3n) is 3.02. The predicted octanol–water partition coefficient (Wildman–Crippen LogP) is 2.82. The fourth-order valence-corrected chi connectivity index (χ4v) is 1.98. The van der Waals surface area contributed by atoms with E-state index in [9.17, 15) is 9.18 Å². The molecule has 0 saturated carbocycles. The number of halogens is 1. The molecule has 0 aromatic heterocycles. The van der Waals surface area contributed by atoms with E-state index in [0.717, 1.165) is 6.42 Å². The largest absolute Gasteiger partial charge is 0.395 e. The van der Waals surface area contributed by atoms with Gasteiger partial charge in [-0.1, -0.05) is 18.8 Å². The molecule has 4 heteroatoms. The van der Waals surface area contributed by atoms with Crippen LogP contribution >= 0.6 is 0 Å². The molecule has 0 fully saturated rings. The highest BCUT2D eigenvalue weighted by molar-refractivity contribution is 5.95. The highest BCUT2D eigenvalue weighted by atomic mass is 19.1. The summed E-state index contributed by atoms with van der Waals surface area (Å²) >= 11 is 0. The Labute approximate surface area is 125 Å². The van der Waals surface area contributed by atoms with Crippen LogP contribution in [0.3, 0.4) is 0 Å². The van der Waals surface area contributed by atoms with Crippen LogP contribution in [0.2, 0.25) is 0 Å². The van der Waals surface area contributed by atoms with E-state index >= 15 is 0 Å². The van der Waals surface area contributed by atoms with Crippen molar-refractivity contribution in [1.82, 2.24) is 4.90 Å². The van der Waals surface area contributed by atoms with Gasteiger partial charge in [-0.2, -0.15) is 0 Å². The number of carbonyl (C=O) groups is 1. The Morgan fingerprint density at radius 3 is 2.71 bits per heavy atom. The molecule has 0 radical (unpaired) electrons. The van der Waals surface area contributed by atoms with Crippen LogP contribution in [0.1, 0.15) is 49.5 Å². The van der Waals surface area contributed by atoms with E-state index in [0.29, 0.717) is 18.5 Å². The number of benzene rings is 1. The van der Waals surface area contributed by atoms with Crippen LogP contribution in [0.4, 0.5) is 4.39 Å². The van der Waals surface area contributed by atoms with Crippen LogP contribution < -0.4 is 0 Å². The number of nitrogens with zero attached hydrogens (tertiary/aromatic N) is 1. The zero-order chi connectivity index (χ0) is 15.8. The van der Waals surface area contributed by atoms with Crippen molar-refractivity contribution in [1.29, 1.82) is 0 Å². The average Bonchev–Trinajstić information content (AvgIpc) is 2.45. The normalized spacial score (nSPS) is 10.2. The maximum atomic E-state index is 13.9. The highest BCUT2D eigenvalue weighted by Gasteiger charge is 2.21. The van der Waals surface area contributed by atoms with Crippen molar-refractivity contribution < 1.29 is 14.3 Å². The molecule has 1 N–H and O–H groups in total. The van der Waals surface area contributed by atoms with Crippen molar-refractivity contribution in [3.05, 3.63) is 35.1 Å². The van der Waals surface area contributed by atoms with Crippen molar-refractivity contribution in [2.45, 2.75) is 39.7 Å². The van der Waals surface area contributed by atoms with Gasteiger partial charge in [0.15, 0.2) is 0 Å². The minimum atomic E-state index is -0.533. The summed E-state index contributed by atoms with van der Waals surface area (Å²) in [6.07, 6.45) is 1.18. The summed E-state index contributed by atoms with van der Waals surface area (Å²) < 4.78 is 13.9. The molecule has 0 unspecified atom stereocenters. The number of aliphatic hydroxyl groups is 1. The van der Waals surface area contributed by atoms with Gasteiger partial charge in [0.1, 0.15) is 5.82 Å². The quantitative estimate of drug-likeness (QED) is 0.847. The Morgan fingerprint density at radius 2 is 2.14 bits per heavy atom. The molecule has 0 aliphatic rings. The molecule has 0 spiro atoms. The Hall–Kier alpha value is -1.86. The molecule has 0 saturated heterocycles. The fraction of sp³-hybridized carbons (Fsp3) is 0.471. The lowest BCUT2D eigenvalue weighted by Gasteiger charge is -2.26. The third kappa shape index (κ3) is 4.87. The van der Waals surface area contributed by atoms with E-state index in [4.69, 9.17) is 5.11 Å². The van der Waals surface area contributed by atoms with Gasteiger partial charge in [0.25, 0.3) is 5.91 Å². The fourth-order valence-electron chi connectivity index (χ4n) is 1.98. The van der Waals surface area contributed by atoms with Crippen molar-refractivity contribution in [3.63, 3.8) is 0 Å². The van der Waals surface area contributed by atoms with E-state index in [1.807, 2.05) is 20.8 Å². The molecular formula is C17H22FNO2. The SMILES string of the molecule is CCCN(C(=O)c1cc(C#CCCO)ccc1F)C(C)C. The van der Waals surface area contributed by atoms with E-state index in [-0.39, 0.29) is 24.1 Å². The van der Waals surface area contributed by atoms with Gasteiger partial charge in [-0.3, -0.25) is 4.79 Å². The zero-order valence-corrected chi connectivity index (χ0v) is 12.8. The minimum Gasteiger partial charge on any atom is -0.395 e. The smallest absolute Gasteiger partial charge is 0.257 e. The lowest BCUT2D eigenvalue weighted by molar-refractivity contribution is 0.0701. The summed E-state index contributed by atoms with van der Waals surface area (Å²) in [4.78, 5) is 14.1. The molecule has 0 heterocycles. The molecule has 3 nitrogen and oxygen atoms in total. The van der Waals surface area contributed by atoms with Crippen LogP contribution in [-0.4, -0.2) is 35.1 Å². The third-order valence-corrected chi connectivity index (χ3v) is 3.02. The van der Waals surface area contributed by atoms with Gasteiger partial charge >= 0.3 is 0 Å². The van der Waals surface area contributed by atoms with Gasteiger partial charge in [0, 0.05) is 24.6 Å². The van der Waals surface area contributed by atoms with Gasteiger partial charge in [-0.05, 0) is 38.5 Å². The molecule has 1 amide bonds. The minimum absolute atomic E-state index is 0.0148. The number of amides is 1. The molecule has 21 heavy (non-hydrogen) atoms. The number of carbonyl (C=O) groups excluding carboxylic acids is 1. The summed E-state index contributed by atoms with van der Waals surface area (Å²) in [5.74, 6) is 4.74. The van der Waals surface area contributed by atoms with Crippen LogP contribution in [0, 0.1) is 17.7 Å². The van der Waals surface area contributed by atoms with Gasteiger partial charge in [0.05, 0.1) is 12.2 Å². The number of hydrogen-bond donors (Lipinski definition) is 1. The topological polar surface area (TPSA) is 40.5 Å². The van der Waals surface area contributed by atoms with Crippen molar-refractivity contribution in [3.8, 4) is 11.8 Å². The second-order valence-corrected chi connectivity index (χ2v) is 5.06. The lowest BCUT2D eigenvalue weighted by atomic mass is 10.1. The Morgan fingerprint density at radius 1 is 1.43 bits per heavy atom. The summed E-state index contributed by atoms with van der Waals surface area (Å²) in [5.41, 5.74) is 0.626. The number of hydrogen-bond acceptors (Lipinski definition) is 2. The molecule has 1 aromatic carbocycles. The first-order valence-corrected chi connectivity index (χ1v) is 7.21. The monoisotopic (exact) mass is 291 g/mol. The summed E-state index contributed by atoms with van der Waals surface area (Å²) in [5, 5.41) is 8.70. The first-order valence-electron chi connectivity index (χ1n) is 7.21. The van der Waals surface area contributed by atoms with Crippen LogP contribution in [-0.2, 0) is 0 Å². The standard InChI is InChI=1S/C17H22FNO2/c1-4-10-19(13(2)3)17(21)15-12-14(7-5-6-11-20)8-9-16(15)18/h8-9,12-13,20H,4,6,10-11H2,1-3H3. The first kappa shape index (κ1) is 17.2. The van der Waals surface area contributed by atoms with E-state index < -0.39 is 5.82 Å². The van der Waals surface area contributed by atoms with Gasteiger partial charge in [-0.15, -0.1) is 0 Å². The molecular weight excluding hydrogens is 269 g/mol. The van der Waals surface area contributed by atoms with Crippen molar-refractivity contribution >= 4 is 5.91 Å². The van der Waals surface area contributed by atoms with Crippen LogP contribution in [0.25, 0.3) is 0 Å². The van der Waals surface area contributed by atoms with Crippen molar-refractivity contribution in [2.24, 2.45) is 0 Å². The highest BCUT2D eigenvalue weighted by Crippen LogP contribution is 2.15. The van der Waals surface area contributed by atoms with Gasteiger partial charge < -0.3 is 10.0 Å². The van der Waals surface area contributed by atoms with E-state index in [2.05, 4.69) is 11.8 Å². The Balaban J connectivity index is 3.08. The summed E-state index contributed by atoms with van der Waals surface area (Å²) in [7, 11) is 0. The lowest BCUT2D eigenvalue weighted by Crippen LogP contribution is -2.38. The van der Waals surface area contributed by atoms with E-state index in [1.54, 1.807) is 4.90 Å². The molecule has 0 bridgehead atoms. The molecule has 0 aliphatic carbocycles. The molecule has 0 aliphatic heterocycles. The van der Waals surface area contributed by atoms with Crippen LogP contribution in [0.15, 0.2) is 18.2 Å². The molecule has 1 aromatic rings. The van der Waals surface area contributed by atoms with E-state index in [1.165, 1.54) is 18.2 Å². The van der Waals surface area contributed by atoms with Crippen LogP contribution in [0.5, 0.6) is 0 Å². The first-order chi connectivity index (χ1) is 10.0. The summed E-state index contributed by atoms with van der Waals surface area (Å²) in [6, 6.07) is 4.30. The van der Waals surface area contributed by atoms with Gasteiger partial charge in [-0.25, -0.2) is 4.39 Å². The maximum absolute atomic E-state index is 13.9. The number of aliphatic hydroxyl groups excluding tert-OH is 1. The molecule has 114 valence electrons. The average molecular weight is 291 g/mol. The molecule has 0 atom stereocenters. The summed E-state index contributed by atoms with van der Waals surface area (Å²) in [6.45, 7) is 6.39. The zero-order valence-electron chi connectivity index (χ0n) is 12.8. The number of rotatable bonds is 5. The maximum Gasteiger partial charge on any atom is 0.257 e. The Kier molecular flexibility index (Phi) is 6.90. The Bertz CT molecular complexity index is 543. The second kappa shape index (κ2) is 8.43. The second-order valence-electron chi connectivity index (χ2n) is 5.06.